The number of aromatic nitrogens is 1. The molecule has 1 aliphatic heterocycles. The van der Waals surface area contributed by atoms with Crippen molar-refractivity contribution in [1.29, 1.82) is 0 Å². The van der Waals surface area contributed by atoms with Crippen molar-refractivity contribution in [2.75, 3.05) is 47.1 Å². The molecule has 9 heteroatoms. The molecule has 1 N–H and O–H groups in total. The van der Waals surface area contributed by atoms with E-state index in [0.717, 1.165) is 42.7 Å². The topological polar surface area (TPSA) is 68.2 Å². The number of hydrogen-bond acceptors (Lipinski definition) is 6. The largest absolute Gasteiger partial charge is 0.377 e. The Hall–Kier alpha value is -0.490. The zero-order valence-corrected chi connectivity index (χ0v) is 19.9. The fraction of sp³-hybridized carbons (Fsp3) is 0.778. The molecule has 2 atom stereocenters. The van der Waals surface area contributed by atoms with Crippen LogP contribution in [-0.4, -0.2) is 69.0 Å². The summed E-state index contributed by atoms with van der Waals surface area (Å²) >= 11 is 1.63. The number of guanidine groups is 1. The normalized spacial score (nSPS) is 18.2. The highest BCUT2D eigenvalue weighted by atomic mass is 127. The van der Waals surface area contributed by atoms with E-state index in [4.69, 9.17) is 14.2 Å². The monoisotopic (exact) mass is 512 g/mol. The van der Waals surface area contributed by atoms with Crippen LogP contribution in [0.2, 0.25) is 0 Å². The summed E-state index contributed by atoms with van der Waals surface area (Å²) in [5.74, 6) is 0.863. The summed E-state index contributed by atoms with van der Waals surface area (Å²) in [6.07, 6.45) is 2.54. The second-order valence-corrected chi connectivity index (χ2v) is 7.25. The number of halogens is 1. The molecule has 7 nitrogen and oxygen atoms in total. The van der Waals surface area contributed by atoms with E-state index in [0.29, 0.717) is 26.3 Å². The Kier molecular flexibility index (Phi) is 12.4. The molecule has 0 amide bonds. The van der Waals surface area contributed by atoms with Gasteiger partial charge in [0.15, 0.2) is 5.96 Å². The minimum absolute atomic E-state index is 0. The van der Waals surface area contributed by atoms with E-state index in [9.17, 15) is 0 Å². The van der Waals surface area contributed by atoms with Crippen molar-refractivity contribution in [1.82, 2.24) is 15.2 Å². The van der Waals surface area contributed by atoms with Gasteiger partial charge in [-0.05, 0) is 26.7 Å². The third-order valence-corrected chi connectivity index (χ3v) is 5.25. The molecule has 156 valence electrons. The first-order valence-corrected chi connectivity index (χ1v) is 10.2. The second kappa shape index (κ2) is 13.6. The predicted molar refractivity (Wildman–Crippen MR) is 120 cm³/mol. The SMILES string of the molecule is CCNC(=NCCOCC1CCCO1)N(C)Cc1csc(C(C)OC)n1.I. The lowest BCUT2D eigenvalue weighted by molar-refractivity contribution is 0.0199. The Morgan fingerprint density at radius 2 is 2.37 bits per heavy atom. The van der Waals surface area contributed by atoms with Gasteiger partial charge in [-0.3, -0.25) is 4.99 Å². The van der Waals surface area contributed by atoms with Gasteiger partial charge < -0.3 is 24.4 Å². The summed E-state index contributed by atoms with van der Waals surface area (Å²) in [4.78, 5) is 11.4. The van der Waals surface area contributed by atoms with Crippen LogP contribution in [0.1, 0.15) is 43.5 Å². The van der Waals surface area contributed by atoms with Gasteiger partial charge in [0.2, 0.25) is 0 Å². The van der Waals surface area contributed by atoms with E-state index in [1.165, 1.54) is 0 Å². The highest BCUT2D eigenvalue weighted by Crippen LogP contribution is 2.20. The van der Waals surface area contributed by atoms with Crippen molar-refractivity contribution < 1.29 is 14.2 Å². The van der Waals surface area contributed by atoms with Gasteiger partial charge in [-0.15, -0.1) is 35.3 Å². The number of nitrogens with one attached hydrogen (secondary N) is 1. The van der Waals surface area contributed by atoms with Crippen LogP contribution in [0, 0.1) is 0 Å². The molecule has 0 aromatic carbocycles. The third kappa shape index (κ3) is 8.59. The third-order valence-electron chi connectivity index (χ3n) is 4.19. The van der Waals surface area contributed by atoms with Crippen LogP contribution in [-0.2, 0) is 20.8 Å². The molecule has 2 heterocycles. The lowest BCUT2D eigenvalue weighted by Crippen LogP contribution is -2.38. The Morgan fingerprint density at radius 3 is 3.04 bits per heavy atom. The molecule has 0 spiro atoms. The van der Waals surface area contributed by atoms with Gasteiger partial charge in [-0.2, -0.15) is 0 Å². The molecule has 0 aliphatic carbocycles. The summed E-state index contributed by atoms with van der Waals surface area (Å²) < 4.78 is 16.6. The van der Waals surface area contributed by atoms with E-state index in [1.807, 2.05) is 14.0 Å². The number of methoxy groups -OCH3 is 1. The Bertz CT molecular complexity index is 552. The summed E-state index contributed by atoms with van der Waals surface area (Å²) in [6, 6.07) is 0. The lowest BCUT2D eigenvalue weighted by Gasteiger charge is -2.21. The van der Waals surface area contributed by atoms with Gasteiger partial charge in [0, 0.05) is 32.7 Å². The zero-order valence-electron chi connectivity index (χ0n) is 16.8. The molecule has 1 aromatic rings. The van der Waals surface area contributed by atoms with Gasteiger partial charge >= 0.3 is 0 Å². The standard InChI is InChI=1S/C18H32N4O3S.HI/c1-5-19-18(20-8-10-24-12-16-7-6-9-25-16)22(3)11-15-13-26-17(21-15)14(2)23-4;/h13-14,16H,5-12H2,1-4H3,(H,19,20);1H. The van der Waals surface area contributed by atoms with Crippen molar-refractivity contribution in [3.63, 3.8) is 0 Å². The number of ether oxygens (including phenoxy) is 3. The van der Waals surface area contributed by atoms with Crippen LogP contribution in [0.25, 0.3) is 0 Å². The summed E-state index contributed by atoms with van der Waals surface area (Å²) in [5.41, 5.74) is 1.02. The first-order valence-electron chi connectivity index (χ1n) is 9.30. The van der Waals surface area contributed by atoms with Crippen LogP contribution in [0.4, 0.5) is 0 Å². The maximum atomic E-state index is 5.68. The van der Waals surface area contributed by atoms with E-state index in [-0.39, 0.29) is 36.2 Å². The van der Waals surface area contributed by atoms with E-state index >= 15 is 0 Å². The molecular weight excluding hydrogens is 479 g/mol. The highest BCUT2D eigenvalue weighted by Gasteiger charge is 2.15. The second-order valence-electron chi connectivity index (χ2n) is 6.36. The van der Waals surface area contributed by atoms with Crippen LogP contribution in [0.15, 0.2) is 10.4 Å². The fourth-order valence-electron chi connectivity index (χ4n) is 2.68. The minimum Gasteiger partial charge on any atom is -0.377 e. The number of nitrogens with zero attached hydrogens (tertiary/aromatic N) is 3. The predicted octanol–water partition coefficient (Wildman–Crippen LogP) is 3.06. The quantitative estimate of drug-likeness (QED) is 0.225. The number of aliphatic imine (C=N–C) groups is 1. The molecular formula is C18H33IN4O3S. The molecule has 1 aliphatic rings. The zero-order chi connectivity index (χ0) is 18.8. The van der Waals surface area contributed by atoms with Crippen molar-refractivity contribution >= 4 is 41.3 Å². The van der Waals surface area contributed by atoms with Gasteiger partial charge in [0.05, 0.1) is 38.1 Å². The van der Waals surface area contributed by atoms with Crippen LogP contribution < -0.4 is 5.32 Å². The van der Waals surface area contributed by atoms with E-state index in [2.05, 4.69) is 32.5 Å². The molecule has 0 saturated carbocycles. The average molecular weight is 512 g/mol. The summed E-state index contributed by atoms with van der Waals surface area (Å²) in [6.45, 7) is 8.37. The maximum Gasteiger partial charge on any atom is 0.194 e. The molecule has 27 heavy (non-hydrogen) atoms. The Morgan fingerprint density at radius 1 is 1.56 bits per heavy atom. The molecule has 1 saturated heterocycles. The van der Waals surface area contributed by atoms with Crippen molar-refractivity contribution in [2.24, 2.45) is 4.99 Å². The highest BCUT2D eigenvalue weighted by molar-refractivity contribution is 14.0. The first-order chi connectivity index (χ1) is 12.6. The van der Waals surface area contributed by atoms with Gasteiger partial charge in [-0.1, -0.05) is 0 Å². The summed E-state index contributed by atoms with van der Waals surface area (Å²) in [5, 5.41) is 6.40. The first kappa shape index (κ1) is 24.5. The lowest BCUT2D eigenvalue weighted by atomic mass is 10.2. The molecule has 0 radical (unpaired) electrons. The van der Waals surface area contributed by atoms with Crippen molar-refractivity contribution in [3.05, 3.63) is 16.1 Å². The van der Waals surface area contributed by atoms with Crippen molar-refractivity contribution in [2.45, 2.75) is 45.4 Å². The Balaban J connectivity index is 0.00000364. The molecule has 1 fully saturated rings. The van der Waals surface area contributed by atoms with Crippen molar-refractivity contribution in [3.8, 4) is 0 Å². The van der Waals surface area contributed by atoms with Crippen LogP contribution >= 0.6 is 35.3 Å². The van der Waals surface area contributed by atoms with Gasteiger partial charge in [0.25, 0.3) is 0 Å². The summed E-state index contributed by atoms with van der Waals surface area (Å²) in [7, 11) is 3.72. The van der Waals surface area contributed by atoms with E-state index < -0.39 is 0 Å². The number of rotatable bonds is 10. The smallest absolute Gasteiger partial charge is 0.194 e. The minimum atomic E-state index is 0. The van der Waals surface area contributed by atoms with Gasteiger partial charge in [0.1, 0.15) is 11.1 Å². The average Bonchev–Trinajstić information content (AvgIpc) is 3.31. The van der Waals surface area contributed by atoms with Gasteiger partial charge in [-0.25, -0.2) is 4.98 Å². The number of thiazole rings is 1. The van der Waals surface area contributed by atoms with Crippen LogP contribution in [0.5, 0.6) is 0 Å². The molecule has 2 rings (SSSR count). The van der Waals surface area contributed by atoms with Crippen LogP contribution in [0.3, 0.4) is 0 Å². The Labute approximate surface area is 183 Å². The molecule has 2 unspecified atom stereocenters. The molecule has 1 aromatic heterocycles. The van der Waals surface area contributed by atoms with E-state index in [1.54, 1.807) is 18.4 Å². The molecule has 0 bridgehead atoms. The maximum absolute atomic E-state index is 5.68. The fourth-order valence-corrected chi connectivity index (χ4v) is 3.52. The number of hydrogen-bond donors (Lipinski definition) is 1.